The lowest BCUT2D eigenvalue weighted by molar-refractivity contribution is -0.138. The molecule has 2 aromatic carbocycles. The van der Waals surface area contributed by atoms with Crippen molar-refractivity contribution in [3.8, 4) is 34.0 Å². The number of aliphatic carboxylic acids is 1. The molecule has 0 aliphatic carbocycles. The number of aliphatic hydroxyl groups excluding tert-OH is 1. The molecule has 0 spiro atoms. The number of benzene rings is 2. The van der Waals surface area contributed by atoms with E-state index in [0.717, 1.165) is 18.2 Å². The Morgan fingerprint density at radius 1 is 1.03 bits per heavy atom. The fourth-order valence-electron chi connectivity index (χ4n) is 3.64. The van der Waals surface area contributed by atoms with Crippen LogP contribution in [0.3, 0.4) is 0 Å². The van der Waals surface area contributed by atoms with Crippen LogP contribution in [0.25, 0.3) is 22.4 Å². The molecule has 0 aliphatic rings. The van der Waals surface area contributed by atoms with Crippen molar-refractivity contribution in [1.82, 2.24) is 4.98 Å². The summed E-state index contributed by atoms with van der Waals surface area (Å²) in [7, 11) is -4.42. The lowest BCUT2D eigenvalue weighted by atomic mass is 9.92. The summed E-state index contributed by atoms with van der Waals surface area (Å²) in [5.41, 5.74) is 0.850. The van der Waals surface area contributed by atoms with Gasteiger partial charge >= 0.3 is 5.97 Å². The first-order chi connectivity index (χ1) is 17.7. The molecule has 38 heavy (non-hydrogen) atoms. The minimum absolute atomic E-state index is 0.00458. The summed E-state index contributed by atoms with van der Waals surface area (Å²) < 4.78 is 83.4. The Balaban J connectivity index is 2.30. The molecule has 0 saturated carbocycles. The summed E-state index contributed by atoms with van der Waals surface area (Å²) in [4.78, 5) is 25.1. The number of nitrogens with zero attached hydrogens (tertiary/aromatic N) is 1. The molecule has 3 rings (SSSR count). The van der Waals surface area contributed by atoms with E-state index >= 15 is 0 Å². The van der Waals surface area contributed by atoms with Crippen LogP contribution in [0.5, 0.6) is 0 Å². The van der Waals surface area contributed by atoms with Gasteiger partial charge in [0, 0.05) is 11.6 Å². The number of hydrogen-bond donors (Lipinski definition) is 3. The van der Waals surface area contributed by atoms with Gasteiger partial charge in [0.05, 0.1) is 41.2 Å². The topological polar surface area (TPSA) is 108 Å². The second-order valence-electron chi connectivity index (χ2n) is 8.69. The molecule has 1 heterocycles. The summed E-state index contributed by atoms with van der Waals surface area (Å²) >= 11 is 0. The van der Waals surface area contributed by atoms with Crippen molar-refractivity contribution >= 4 is 13.3 Å². The van der Waals surface area contributed by atoms with Crippen LogP contribution < -0.4 is 0 Å². The Morgan fingerprint density at radius 2 is 1.61 bits per heavy atom. The Hall–Kier alpha value is -3.58. The fourth-order valence-corrected chi connectivity index (χ4v) is 4.72. The monoisotopic (exact) mass is 553 g/mol. The van der Waals surface area contributed by atoms with Gasteiger partial charge < -0.3 is 15.1 Å². The molecule has 12 heteroatoms. The number of halogens is 5. The van der Waals surface area contributed by atoms with E-state index in [1.807, 2.05) is 0 Å². The molecule has 0 amide bonds. The van der Waals surface area contributed by atoms with Gasteiger partial charge in [-0.1, -0.05) is 31.9 Å². The van der Waals surface area contributed by atoms with E-state index in [2.05, 4.69) is 16.6 Å². The average Bonchev–Trinajstić information content (AvgIpc) is 2.81. The van der Waals surface area contributed by atoms with Crippen molar-refractivity contribution in [1.29, 1.82) is 0 Å². The van der Waals surface area contributed by atoms with Crippen molar-refractivity contribution in [2.45, 2.75) is 32.3 Å². The van der Waals surface area contributed by atoms with Crippen molar-refractivity contribution in [3.05, 3.63) is 76.7 Å². The molecule has 0 saturated heterocycles. The van der Waals surface area contributed by atoms with E-state index in [9.17, 15) is 41.3 Å². The molecule has 0 bridgehead atoms. The van der Waals surface area contributed by atoms with Crippen LogP contribution in [0.2, 0.25) is 0 Å². The molecular weight excluding hydrogens is 532 g/mol. The van der Waals surface area contributed by atoms with Crippen molar-refractivity contribution in [2.75, 3.05) is 6.16 Å². The third kappa shape index (κ3) is 6.64. The average molecular weight is 553 g/mol. The van der Waals surface area contributed by atoms with E-state index in [4.69, 9.17) is 5.11 Å². The van der Waals surface area contributed by atoms with Crippen molar-refractivity contribution in [2.24, 2.45) is 0 Å². The van der Waals surface area contributed by atoms with Gasteiger partial charge in [-0.3, -0.25) is 14.3 Å². The largest absolute Gasteiger partial charge is 0.481 e. The molecule has 2 atom stereocenters. The zero-order valence-electron chi connectivity index (χ0n) is 20.0. The van der Waals surface area contributed by atoms with Crippen LogP contribution in [0, 0.1) is 40.7 Å². The first-order valence-electron chi connectivity index (χ1n) is 11.1. The molecule has 200 valence electrons. The van der Waals surface area contributed by atoms with Crippen LogP contribution in [-0.2, 0) is 9.36 Å². The maximum absolute atomic E-state index is 14.6. The Bertz CT molecular complexity index is 1470. The van der Waals surface area contributed by atoms with Crippen LogP contribution >= 0.6 is 7.37 Å². The summed E-state index contributed by atoms with van der Waals surface area (Å²) in [6, 6.07) is 5.84. The maximum Gasteiger partial charge on any atom is 0.305 e. The van der Waals surface area contributed by atoms with Gasteiger partial charge in [0.15, 0.2) is 23.3 Å². The smallest absolute Gasteiger partial charge is 0.305 e. The van der Waals surface area contributed by atoms with Gasteiger partial charge in [-0.2, -0.15) is 0 Å². The van der Waals surface area contributed by atoms with Crippen LogP contribution in [-0.4, -0.2) is 38.3 Å². The number of carbonyl (C=O) groups is 1. The number of aromatic nitrogens is 1. The second-order valence-corrected chi connectivity index (χ2v) is 10.7. The quantitative estimate of drug-likeness (QED) is 0.151. The number of pyridine rings is 1. The standard InChI is InChI=1S/C26H21F5NO5P/c1-13(2)26-17(7-8-38(36,37)12-16(33)9-22(34)35)18(14-3-5-15(27)6-4-14)10-21(32-26)23-24(30)19(28)11-20(29)25(23)31/h3-6,10-11,13,16,33H,9,12H2,1-2H3,(H,34,35)(H,36,37). The highest BCUT2D eigenvalue weighted by atomic mass is 31.2. The normalized spacial score (nSPS) is 13.5. The van der Waals surface area contributed by atoms with Gasteiger partial charge in [-0.15, -0.1) is 0 Å². The molecule has 2 unspecified atom stereocenters. The summed E-state index contributed by atoms with van der Waals surface area (Å²) in [5, 5.41) is 18.5. The fraction of sp³-hybridized carbons (Fsp3) is 0.231. The van der Waals surface area contributed by atoms with Gasteiger partial charge in [0.25, 0.3) is 7.37 Å². The summed E-state index contributed by atoms with van der Waals surface area (Å²) in [6.45, 7) is 3.22. The van der Waals surface area contributed by atoms with Gasteiger partial charge in [0.2, 0.25) is 0 Å². The van der Waals surface area contributed by atoms with E-state index < -0.39 is 78.3 Å². The summed E-state index contributed by atoms with van der Waals surface area (Å²) in [5.74, 6) is -6.74. The predicted octanol–water partition coefficient (Wildman–Crippen LogP) is 5.65. The zero-order chi connectivity index (χ0) is 28.4. The molecular formula is C26H21F5NO5P. The summed E-state index contributed by atoms with van der Waals surface area (Å²) in [6.07, 6.45) is -3.30. The number of hydrogen-bond acceptors (Lipinski definition) is 4. The van der Waals surface area contributed by atoms with Crippen LogP contribution in [0.4, 0.5) is 22.0 Å². The third-order valence-corrected chi connectivity index (χ3v) is 6.72. The van der Waals surface area contributed by atoms with Gasteiger partial charge in [0.1, 0.15) is 5.82 Å². The minimum atomic E-state index is -4.42. The maximum atomic E-state index is 14.6. The first kappa shape index (κ1) is 29.0. The number of rotatable bonds is 7. The van der Waals surface area contributed by atoms with Crippen molar-refractivity contribution in [3.63, 3.8) is 0 Å². The van der Waals surface area contributed by atoms with Gasteiger partial charge in [-0.25, -0.2) is 22.0 Å². The molecule has 3 aromatic rings. The first-order valence-corrected chi connectivity index (χ1v) is 12.9. The van der Waals surface area contributed by atoms with Crippen LogP contribution in [0.15, 0.2) is 36.4 Å². The number of carboxylic acids is 1. The predicted molar refractivity (Wildman–Crippen MR) is 129 cm³/mol. The van der Waals surface area contributed by atoms with E-state index in [0.29, 0.717) is 0 Å². The van der Waals surface area contributed by atoms with E-state index in [1.54, 1.807) is 13.8 Å². The molecule has 3 N–H and O–H groups in total. The molecule has 0 fully saturated rings. The third-order valence-electron chi connectivity index (χ3n) is 5.34. The molecule has 0 radical (unpaired) electrons. The Morgan fingerprint density at radius 3 is 2.13 bits per heavy atom. The highest BCUT2D eigenvalue weighted by Gasteiger charge is 2.26. The highest BCUT2D eigenvalue weighted by Crippen LogP contribution is 2.41. The zero-order valence-corrected chi connectivity index (χ0v) is 20.9. The Labute approximate surface area is 214 Å². The van der Waals surface area contributed by atoms with E-state index in [1.165, 1.54) is 12.1 Å². The van der Waals surface area contributed by atoms with Crippen molar-refractivity contribution < 1.29 is 46.4 Å². The molecule has 1 aromatic heterocycles. The molecule has 0 aliphatic heterocycles. The number of aliphatic hydroxyl groups is 1. The lowest BCUT2D eigenvalue weighted by Gasteiger charge is -2.17. The number of carboxylic acid groups (broad SMARTS) is 1. The highest BCUT2D eigenvalue weighted by molar-refractivity contribution is 7.63. The van der Waals surface area contributed by atoms with E-state index in [-0.39, 0.29) is 28.5 Å². The lowest BCUT2D eigenvalue weighted by Crippen LogP contribution is -2.17. The Kier molecular flexibility index (Phi) is 8.72. The van der Waals surface area contributed by atoms with Gasteiger partial charge in [-0.05, 0) is 35.3 Å². The molecule has 6 nitrogen and oxygen atoms in total. The SMILES string of the molecule is CC(C)c1nc(-c2c(F)c(F)cc(F)c2F)cc(-c2ccc(F)cc2)c1C#CP(=O)(O)CC(O)CC(=O)O. The second kappa shape index (κ2) is 11.4. The van der Waals surface area contributed by atoms with Crippen LogP contribution in [0.1, 0.15) is 37.4 Å². The minimum Gasteiger partial charge on any atom is -0.481 e.